The van der Waals surface area contributed by atoms with Crippen molar-refractivity contribution in [2.24, 2.45) is 5.92 Å². The number of ether oxygens (including phenoxy) is 1. The van der Waals surface area contributed by atoms with Crippen LogP contribution in [0.2, 0.25) is 0 Å². The number of halogens is 1. The molecular weight excluding hydrogens is 330 g/mol. The zero-order valence-electron chi connectivity index (χ0n) is 12.9. The monoisotopic (exact) mass is 351 g/mol. The highest BCUT2D eigenvalue weighted by Crippen LogP contribution is 2.26. The quantitative estimate of drug-likeness (QED) is 0.712. The first-order valence-electron chi connectivity index (χ1n) is 7.48. The minimum atomic E-state index is 0.0500. The third-order valence-corrected chi connectivity index (χ3v) is 3.82. The van der Waals surface area contributed by atoms with Gasteiger partial charge in [-0.15, -0.1) is 0 Å². The minimum Gasteiger partial charge on any atom is -0.491 e. The maximum atomic E-state index is 12.5. The van der Waals surface area contributed by atoms with Crippen LogP contribution in [0.4, 0.5) is 0 Å². The molecule has 0 saturated carbocycles. The van der Waals surface area contributed by atoms with Gasteiger partial charge in [0.15, 0.2) is 0 Å². The summed E-state index contributed by atoms with van der Waals surface area (Å²) in [7, 11) is 0. The number of rotatable bonds is 6. The van der Waals surface area contributed by atoms with Crippen molar-refractivity contribution < 1.29 is 4.74 Å². The van der Waals surface area contributed by atoms with Gasteiger partial charge < -0.3 is 9.30 Å². The van der Waals surface area contributed by atoms with Crippen molar-refractivity contribution in [1.82, 2.24) is 4.57 Å². The zero-order chi connectivity index (χ0) is 15.4. The Bertz CT molecular complexity index is 676. The van der Waals surface area contributed by atoms with E-state index in [0.29, 0.717) is 24.5 Å². The number of hydrogen-bond donors (Lipinski definition) is 0. The Morgan fingerprint density at radius 3 is 2.71 bits per heavy atom. The van der Waals surface area contributed by atoms with Crippen LogP contribution in [0.15, 0.2) is 33.7 Å². The molecule has 1 heterocycles. The van der Waals surface area contributed by atoms with Gasteiger partial charge in [-0.3, -0.25) is 4.79 Å². The lowest BCUT2D eigenvalue weighted by Gasteiger charge is -2.15. The Hall–Kier alpha value is -1.29. The van der Waals surface area contributed by atoms with Crippen LogP contribution in [0.3, 0.4) is 0 Å². The number of pyridine rings is 1. The molecule has 1 aromatic heterocycles. The molecule has 0 saturated heterocycles. The average molecular weight is 352 g/mol. The van der Waals surface area contributed by atoms with E-state index in [9.17, 15) is 4.79 Å². The van der Waals surface area contributed by atoms with Crippen LogP contribution in [-0.4, -0.2) is 11.2 Å². The third-order valence-electron chi connectivity index (χ3n) is 3.33. The Morgan fingerprint density at radius 1 is 1.29 bits per heavy atom. The van der Waals surface area contributed by atoms with E-state index in [1.807, 2.05) is 24.4 Å². The van der Waals surface area contributed by atoms with Crippen LogP contribution in [0, 0.1) is 5.92 Å². The summed E-state index contributed by atoms with van der Waals surface area (Å²) in [6.45, 7) is 7.73. The van der Waals surface area contributed by atoms with Gasteiger partial charge in [-0.1, -0.05) is 43.1 Å². The van der Waals surface area contributed by atoms with Gasteiger partial charge in [0.25, 0.3) is 5.56 Å². The highest BCUT2D eigenvalue weighted by molar-refractivity contribution is 9.10. The number of unbranched alkanes of at least 4 members (excludes halogenated alkanes) is 1. The van der Waals surface area contributed by atoms with Crippen molar-refractivity contribution in [2.45, 2.75) is 40.2 Å². The van der Waals surface area contributed by atoms with Gasteiger partial charge in [-0.05, 0) is 30.5 Å². The van der Waals surface area contributed by atoms with Gasteiger partial charge in [0.05, 0.1) is 12.0 Å². The molecule has 114 valence electrons. The Kier molecular flexibility index (Phi) is 5.45. The number of benzene rings is 1. The second-order valence-electron chi connectivity index (χ2n) is 5.74. The van der Waals surface area contributed by atoms with Crippen molar-refractivity contribution in [3.8, 4) is 5.75 Å². The largest absolute Gasteiger partial charge is 0.491 e. The molecule has 2 rings (SSSR count). The van der Waals surface area contributed by atoms with Gasteiger partial charge in [-0.2, -0.15) is 0 Å². The molecule has 0 aliphatic rings. The summed E-state index contributed by atoms with van der Waals surface area (Å²) < 4.78 is 8.63. The molecule has 1 aromatic carbocycles. The van der Waals surface area contributed by atoms with Gasteiger partial charge in [-0.25, -0.2) is 0 Å². The number of aromatic nitrogens is 1. The van der Waals surface area contributed by atoms with E-state index in [-0.39, 0.29) is 5.56 Å². The first-order valence-corrected chi connectivity index (χ1v) is 8.27. The SMILES string of the molecule is CCCCOc1cn(CC(C)C)c(=O)c2ccc(Br)cc12. The standard InChI is InChI=1S/C17H22BrNO2/c1-4-5-8-21-16-11-19(10-12(2)3)17(20)14-7-6-13(18)9-15(14)16/h6-7,9,11-12H,4-5,8,10H2,1-3H3. The number of fused-ring (bicyclic) bond motifs is 1. The Balaban J connectivity index is 2.54. The molecule has 0 fully saturated rings. The molecule has 0 radical (unpaired) electrons. The lowest BCUT2D eigenvalue weighted by atomic mass is 10.1. The normalized spacial score (nSPS) is 11.3. The van der Waals surface area contributed by atoms with E-state index < -0.39 is 0 Å². The van der Waals surface area contributed by atoms with Gasteiger partial charge in [0, 0.05) is 22.6 Å². The molecule has 0 aliphatic heterocycles. The molecule has 0 amide bonds. The van der Waals surface area contributed by atoms with E-state index in [4.69, 9.17) is 4.74 Å². The van der Waals surface area contributed by atoms with E-state index in [2.05, 4.69) is 36.7 Å². The Morgan fingerprint density at radius 2 is 2.05 bits per heavy atom. The number of nitrogens with zero attached hydrogens (tertiary/aromatic N) is 1. The minimum absolute atomic E-state index is 0.0500. The number of hydrogen-bond acceptors (Lipinski definition) is 2. The molecule has 0 atom stereocenters. The van der Waals surface area contributed by atoms with Crippen LogP contribution >= 0.6 is 15.9 Å². The topological polar surface area (TPSA) is 31.2 Å². The van der Waals surface area contributed by atoms with Gasteiger partial charge >= 0.3 is 0 Å². The third kappa shape index (κ3) is 3.88. The summed E-state index contributed by atoms with van der Waals surface area (Å²) in [6.07, 6.45) is 3.96. The van der Waals surface area contributed by atoms with E-state index in [1.54, 1.807) is 4.57 Å². The second kappa shape index (κ2) is 7.12. The fourth-order valence-corrected chi connectivity index (χ4v) is 2.66. The van der Waals surface area contributed by atoms with E-state index in [1.165, 1.54) is 0 Å². The molecule has 0 N–H and O–H groups in total. The summed E-state index contributed by atoms with van der Waals surface area (Å²) in [6, 6.07) is 5.72. The molecule has 0 bridgehead atoms. The fraction of sp³-hybridized carbons (Fsp3) is 0.471. The molecule has 21 heavy (non-hydrogen) atoms. The van der Waals surface area contributed by atoms with E-state index >= 15 is 0 Å². The molecule has 2 aromatic rings. The first-order chi connectivity index (χ1) is 10.0. The predicted octanol–water partition coefficient (Wildman–Crippen LogP) is 4.60. The van der Waals surface area contributed by atoms with Crippen LogP contribution in [-0.2, 0) is 6.54 Å². The summed E-state index contributed by atoms with van der Waals surface area (Å²) in [4.78, 5) is 12.5. The summed E-state index contributed by atoms with van der Waals surface area (Å²) >= 11 is 3.47. The first kappa shape index (κ1) is 16.1. The molecule has 0 spiro atoms. The predicted molar refractivity (Wildman–Crippen MR) is 91.1 cm³/mol. The lowest BCUT2D eigenvalue weighted by molar-refractivity contribution is 0.309. The van der Waals surface area contributed by atoms with Crippen molar-refractivity contribution in [3.63, 3.8) is 0 Å². The maximum Gasteiger partial charge on any atom is 0.258 e. The summed E-state index contributed by atoms with van der Waals surface area (Å²) in [5, 5.41) is 1.60. The van der Waals surface area contributed by atoms with E-state index in [0.717, 1.165) is 28.5 Å². The highest BCUT2D eigenvalue weighted by atomic mass is 79.9. The van der Waals surface area contributed by atoms with Gasteiger partial charge in [0.1, 0.15) is 5.75 Å². The van der Waals surface area contributed by atoms with Crippen molar-refractivity contribution in [1.29, 1.82) is 0 Å². The molecule has 3 nitrogen and oxygen atoms in total. The second-order valence-corrected chi connectivity index (χ2v) is 6.65. The smallest absolute Gasteiger partial charge is 0.258 e. The lowest BCUT2D eigenvalue weighted by Crippen LogP contribution is -2.22. The average Bonchev–Trinajstić information content (AvgIpc) is 2.43. The molecule has 0 aliphatic carbocycles. The zero-order valence-corrected chi connectivity index (χ0v) is 14.4. The van der Waals surface area contributed by atoms with Crippen LogP contribution in [0.1, 0.15) is 33.6 Å². The van der Waals surface area contributed by atoms with Gasteiger partial charge in [0.2, 0.25) is 0 Å². The molecule has 0 unspecified atom stereocenters. The molecule has 4 heteroatoms. The highest BCUT2D eigenvalue weighted by Gasteiger charge is 2.11. The van der Waals surface area contributed by atoms with Crippen molar-refractivity contribution >= 4 is 26.7 Å². The maximum absolute atomic E-state index is 12.5. The Labute approximate surface area is 134 Å². The van der Waals surface area contributed by atoms with Crippen LogP contribution < -0.4 is 10.3 Å². The fourth-order valence-electron chi connectivity index (χ4n) is 2.30. The molecular formula is C17H22BrNO2. The van der Waals surface area contributed by atoms with Crippen LogP contribution in [0.25, 0.3) is 10.8 Å². The van der Waals surface area contributed by atoms with Crippen LogP contribution in [0.5, 0.6) is 5.75 Å². The van der Waals surface area contributed by atoms with Crippen molar-refractivity contribution in [2.75, 3.05) is 6.61 Å². The summed E-state index contributed by atoms with van der Waals surface area (Å²) in [5.41, 5.74) is 0.0500. The summed E-state index contributed by atoms with van der Waals surface area (Å²) in [5.74, 6) is 1.21. The van der Waals surface area contributed by atoms with Crippen molar-refractivity contribution in [3.05, 3.63) is 39.2 Å².